The number of H-pyrrole nitrogens is 1. The number of aryl methyl sites for hydroxylation is 1. The average molecular weight is 334 g/mol. The van der Waals surface area contributed by atoms with Crippen LogP contribution in [-0.2, 0) is 0 Å². The van der Waals surface area contributed by atoms with Crippen LogP contribution in [0.5, 0.6) is 0 Å². The normalized spacial score (nSPS) is 14.6. The number of fused-ring (bicyclic) bond motifs is 1. The van der Waals surface area contributed by atoms with Crippen LogP contribution in [0.25, 0.3) is 11.2 Å². The zero-order chi connectivity index (χ0) is 17.4. The summed E-state index contributed by atoms with van der Waals surface area (Å²) in [7, 11) is 0. The number of aromatic amines is 1. The molecule has 0 aliphatic carbocycles. The van der Waals surface area contributed by atoms with Gasteiger partial charge in [-0.05, 0) is 24.5 Å². The van der Waals surface area contributed by atoms with Crippen molar-refractivity contribution in [3.63, 3.8) is 0 Å². The molecule has 0 saturated carbocycles. The highest BCUT2D eigenvalue weighted by atomic mass is 16.2. The highest BCUT2D eigenvalue weighted by Crippen LogP contribution is 2.23. The van der Waals surface area contributed by atoms with E-state index in [1.165, 1.54) is 21.7 Å². The molecule has 0 unspecified atom stereocenters. The molecule has 6 heteroatoms. The molecule has 0 radical (unpaired) electrons. The fourth-order valence-corrected chi connectivity index (χ4v) is 3.19. The quantitative estimate of drug-likeness (QED) is 0.781. The van der Waals surface area contributed by atoms with Gasteiger partial charge in [0.2, 0.25) is 0 Å². The van der Waals surface area contributed by atoms with E-state index in [-0.39, 0.29) is 11.5 Å². The van der Waals surface area contributed by atoms with Crippen molar-refractivity contribution >= 4 is 17.1 Å². The van der Waals surface area contributed by atoms with Gasteiger partial charge in [0.05, 0.1) is 0 Å². The molecule has 0 bridgehead atoms. The first-order valence-corrected chi connectivity index (χ1v) is 8.25. The van der Waals surface area contributed by atoms with Crippen molar-refractivity contribution in [3.8, 4) is 0 Å². The Morgan fingerprint density at radius 1 is 1.24 bits per heavy atom. The van der Waals surface area contributed by atoms with Crippen LogP contribution in [-0.4, -0.2) is 38.5 Å². The Hall–Kier alpha value is -3.15. The Morgan fingerprint density at radius 2 is 2.04 bits per heavy atom. The lowest BCUT2D eigenvalue weighted by molar-refractivity contribution is 0.0774. The smallest absolute Gasteiger partial charge is 0.272 e. The van der Waals surface area contributed by atoms with Gasteiger partial charge in [-0.3, -0.25) is 14.7 Å². The summed E-state index contributed by atoms with van der Waals surface area (Å²) in [5.74, 6) is -0.111. The van der Waals surface area contributed by atoms with Gasteiger partial charge in [-0.2, -0.15) is 0 Å². The third-order valence-electron chi connectivity index (χ3n) is 4.50. The lowest BCUT2D eigenvalue weighted by atomic mass is 9.99. The van der Waals surface area contributed by atoms with Crippen molar-refractivity contribution in [1.29, 1.82) is 0 Å². The number of hydrogen-bond donors (Lipinski definition) is 1. The standard InChI is InChI=1S/C19H18N4O2/c1-13-11-17(24)23-18(21-13)16(12-20-23)19(25)22-9-7-15(8-10-22)14-5-3-2-4-6-14/h2-7,11-12,20H,8-10H2,1H3. The predicted octanol–water partition coefficient (Wildman–Crippen LogP) is 2.26. The van der Waals surface area contributed by atoms with Gasteiger partial charge in [0, 0.05) is 31.0 Å². The molecule has 1 aliphatic heterocycles. The molecular formula is C19H18N4O2. The number of carbonyl (C=O) groups is 1. The Kier molecular flexibility index (Phi) is 3.72. The zero-order valence-electron chi connectivity index (χ0n) is 13.9. The minimum absolute atomic E-state index is 0.111. The number of aromatic nitrogens is 3. The summed E-state index contributed by atoms with van der Waals surface area (Å²) in [4.78, 5) is 31.0. The maximum atomic E-state index is 12.9. The van der Waals surface area contributed by atoms with Crippen LogP contribution >= 0.6 is 0 Å². The van der Waals surface area contributed by atoms with Crippen molar-refractivity contribution in [2.45, 2.75) is 13.3 Å². The Morgan fingerprint density at radius 3 is 2.76 bits per heavy atom. The summed E-state index contributed by atoms with van der Waals surface area (Å²) < 4.78 is 1.30. The second-order valence-electron chi connectivity index (χ2n) is 6.18. The second kappa shape index (κ2) is 6.05. The van der Waals surface area contributed by atoms with Crippen molar-refractivity contribution in [3.05, 3.63) is 75.8 Å². The molecule has 1 aromatic carbocycles. The van der Waals surface area contributed by atoms with Crippen LogP contribution < -0.4 is 5.56 Å². The van der Waals surface area contributed by atoms with Gasteiger partial charge in [0.25, 0.3) is 11.5 Å². The molecule has 0 saturated heterocycles. The number of nitrogens with zero attached hydrogens (tertiary/aromatic N) is 3. The van der Waals surface area contributed by atoms with Gasteiger partial charge in [-0.15, -0.1) is 0 Å². The molecular weight excluding hydrogens is 316 g/mol. The van der Waals surface area contributed by atoms with E-state index in [9.17, 15) is 9.59 Å². The molecule has 3 aromatic rings. The zero-order valence-corrected chi connectivity index (χ0v) is 13.9. The minimum atomic E-state index is -0.216. The summed E-state index contributed by atoms with van der Waals surface area (Å²) in [6.45, 7) is 2.95. The predicted molar refractivity (Wildman–Crippen MR) is 95.5 cm³/mol. The van der Waals surface area contributed by atoms with E-state index in [1.54, 1.807) is 18.0 Å². The number of rotatable bonds is 2. The molecule has 1 amide bonds. The van der Waals surface area contributed by atoms with Crippen molar-refractivity contribution in [1.82, 2.24) is 19.5 Å². The summed E-state index contributed by atoms with van der Waals surface area (Å²) in [5, 5.41) is 2.82. The molecule has 2 aromatic heterocycles. The molecule has 0 fully saturated rings. The molecule has 6 nitrogen and oxygen atoms in total. The third-order valence-corrected chi connectivity index (χ3v) is 4.50. The molecule has 0 spiro atoms. The lowest BCUT2D eigenvalue weighted by Crippen LogP contribution is -2.34. The summed E-state index contributed by atoms with van der Waals surface area (Å²) in [6, 6.07) is 11.6. The fourth-order valence-electron chi connectivity index (χ4n) is 3.19. The van der Waals surface area contributed by atoms with E-state index >= 15 is 0 Å². The third kappa shape index (κ3) is 2.76. The molecule has 1 N–H and O–H groups in total. The molecule has 4 rings (SSSR count). The van der Waals surface area contributed by atoms with Crippen LogP contribution in [0.2, 0.25) is 0 Å². The van der Waals surface area contributed by atoms with E-state index < -0.39 is 0 Å². The van der Waals surface area contributed by atoms with Gasteiger partial charge < -0.3 is 4.90 Å². The topological polar surface area (TPSA) is 70.5 Å². The maximum Gasteiger partial charge on any atom is 0.272 e. The van der Waals surface area contributed by atoms with Gasteiger partial charge >= 0.3 is 0 Å². The van der Waals surface area contributed by atoms with E-state index in [2.05, 4.69) is 28.3 Å². The van der Waals surface area contributed by atoms with Crippen LogP contribution in [0.1, 0.15) is 28.0 Å². The Labute approximate surface area is 144 Å². The van der Waals surface area contributed by atoms with Gasteiger partial charge in [-0.1, -0.05) is 36.4 Å². The fraction of sp³-hybridized carbons (Fsp3) is 0.211. The number of benzene rings is 1. The van der Waals surface area contributed by atoms with Crippen molar-refractivity contribution < 1.29 is 4.79 Å². The number of hydrogen-bond acceptors (Lipinski definition) is 3. The second-order valence-corrected chi connectivity index (χ2v) is 6.18. The van der Waals surface area contributed by atoms with Crippen LogP contribution in [0.3, 0.4) is 0 Å². The Bertz CT molecular complexity index is 1030. The average Bonchev–Trinajstić information content (AvgIpc) is 3.06. The molecule has 126 valence electrons. The first kappa shape index (κ1) is 15.4. The minimum Gasteiger partial charge on any atom is -0.334 e. The highest BCUT2D eigenvalue weighted by Gasteiger charge is 2.23. The first-order chi connectivity index (χ1) is 12.1. The maximum absolute atomic E-state index is 12.9. The van der Waals surface area contributed by atoms with E-state index in [0.29, 0.717) is 30.0 Å². The molecule has 0 atom stereocenters. The van der Waals surface area contributed by atoms with E-state index in [4.69, 9.17) is 0 Å². The largest absolute Gasteiger partial charge is 0.334 e. The summed E-state index contributed by atoms with van der Waals surface area (Å²) >= 11 is 0. The van der Waals surface area contributed by atoms with Crippen LogP contribution in [0.4, 0.5) is 0 Å². The van der Waals surface area contributed by atoms with Gasteiger partial charge in [0.1, 0.15) is 5.56 Å². The highest BCUT2D eigenvalue weighted by molar-refractivity contribution is 6.00. The van der Waals surface area contributed by atoms with Gasteiger partial charge in [0.15, 0.2) is 5.65 Å². The summed E-state index contributed by atoms with van der Waals surface area (Å²) in [5.41, 5.74) is 3.65. The SMILES string of the molecule is Cc1cc(=O)n2[nH]cc(C(=O)N3CC=C(c4ccccc4)CC3)c2n1. The number of nitrogens with one attached hydrogen (secondary N) is 1. The van der Waals surface area contributed by atoms with Crippen molar-refractivity contribution in [2.75, 3.05) is 13.1 Å². The van der Waals surface area contributed by atoms with E-state index in [1.807, 2.05) is 18.2 Å². The van der Waals surface area contributed by atoms with Crippen LogP contribution in [0.15, 0.2) is 53.5 Å². The molecule has 25 heavy (non-hydrogen) atoms. The number of amides is 1. The van der Waals surface area contributed by atoms with Crippen LogP contribution in [0, 0.1) is 6.92 Å². The monoisotopic (exact) mass is 334 g/mol. The van der Waals surface area contributed by atoms with Gasteiger partial charge in [-0.25, -0.2) is 9.50 Å². The molecule has 1 aliphatic rings. The van der Waals surface area contributed by atoms with Crippen molar-refractivity contribution in [2.24, 2.45) is 0 Å². The van der Waals surface area contributed by atoms with E-state index in [0.717, 1.165) is 6.42 Å². The summed E-state index contributed by atoms with van der Waals surface area (Å²) in [6.07, 6.45) is 4.46. The number of carbonyl (C=O) groups excluding carboxylic acids is 1. The Balaban J connectivity index is 1.61. The molecule has 3 heterocycles. The lowest BCUT2D eigenvalue weighted by Gasteiger charge is -2.26. The first-order valence-electron chi connectivity index (χ1n) is 8.25.